The van der Waals surface area contributed by atoms with Gasteiger partial charge in [-0.15, -0.1) is 4.83 Å². The first-order valence-electron chi connectivity index (χ1n) is 9.81. The molecule has 7 nitrogen and oxygen atoms in total. The van der Waals surface area contributed by atoms with Crippen molar-refractivity contribution in [3.05, 3.63) is 48.5 Å². The number of thiazole rings is 1. The molecule has 10 heteroatoms. The molecule has 1 aliphatic rings. The number of thiocarbonyl (C=S) groups is 1. The Morgan fingerprint density at radius 2 is 1.77 bits per heavy atom. The number of hydrogen-bond donors (Lipinski definition) is 4. The van der Waals surface area contributed by atoms with E-state index in [2.05, 4.69) is 25.9 Å². The summed E-state index contributed by atoms with van der Waals surface area (Å²) in [7, 11) is -3.73. The number of sulfonamides is 1. The number of para-hydroxylation sites is 1. The van der Waals surface area contributed by atoms with E-state index in [1.54, 1.807) is 12.1 Å². The Morgan fingerprint density at radius 3 is 2.50 bits per heavy atom. The molecule has 0 atom stereocenters. The fraction of sp³-hybridized carbons (Fsp3) is 0.300. The number of hydrazine groups is 1. The fourth-order valence-corrected chi connectivity index (χ4v) is 5.42. The second-order valence-electron chi connectivity index (χ2n) is 7.18. The van der Waals surface area contributed by atoms with Crippen molar-refractivity contribution in [2.24, 2.45) is 0 Å². The third-order valence-corrected chi connectivity index (χ3v) is 7.38. The predicted octanol–water partition coefficient (Wildman–Crippen LogP) is 4.22. The summed E-state index contributed by atoms with van der Waals surface area (Å²) in [5.41, 5.74) is 4.24. The van der Waals surface area contributed by atoms with Crippen molar-refractivity contribution in [1.82, 2.24) is 15.1 Å². The van der Waals surface area contributed by atoms with Crippen molar-refractivity contribution < 1.29 is 8.42 Å². The van der Waals surface area contributed by atoms with E-state index < -0.39 is 10.0 Å². The fourth-order valence-electron chi connectivity index (χ4n) is 3.41. The zero-order valence-electron chi connectivity index (χ0n) is 16.2. The quantitative estimate of drug-likeness (QED) is 0.322. The molecule has 0 amide bonds. The van der Waals surface area contributed by atoms with Gasteiger partial charge in [0.05, 0.1) is 15.1 Å². The van der Waals surface area contributed by atoms with E-state index in [0.29, 0.717) is 16.3 Å². The maximum absolute atomic E-state index is 12.6. The summed E-state index contributed by atoms with van der Waals surface area (Å²) >= 11 is 6.75. The predicted molar refractivity (Wildman–Crippen MR) is 126 cm³/mol. The smallest absolute Gasteiger partial charge is 0.257 e. The van der Waals surface area contributed by atoms with E-state index in [0.717, 1.165) is 28.7 Å². The van der Waals surface area contributed by atoms with Gasteiger partial charge in [-0.2, -0.15) is 0 Å². The van der Waals surface area contributed by atoms with Crippen LogP contribution < -0.4 is 20.9 Å². The molecule has 0 unspecified atom stereocenters. The molecule has 158 valence electrons. The number of anilines is 2. The lowest BCUT2D eigenvalue weighted by Crippen LogP contribution is -2.38. The topological polar surface area (TPSA) is 95.2 Å². The minimum atomic E-state index is -3.73. The van der Waals surface area contributed by atoms with Gasteiger partial charge in [0, 0.05) is 11.7 Å². The highest BCUT2D eigenvalue weighted by atomic mass is 32.2. The Balaban J connectivity index is 1.34. The summed E-state index contributed by atoms with van der Waals surface area (Å²) in [6, 6.07) is 14.5. The van der Waals surface area contributed by atoms with Crippen LogP contribution in [0.1, 0.15) is 32.1 Å². The van der Waals surface area contributed by atoms with Crippen LogP contribution in [0.2, 0.25) is 0 Å². The Morgan fingerprint density at radius 1 is 1.03 bits per heavy atom. The average Bonchev–Trinajstić information content (AvgIpc) is 3.17. The number of nitrogens with one attached hydrogen (secondary N) is 4. The van der Waals surface area contributed by atoms with Crippen LogP contribution in [0.5, 0.6) is 0 Å². The lowest BCUT2D eigenvalue weighted by molar-refractivity contribution is 0.415. The van der Waals surface area contributed by atoms with Gasteiger partial charge in [-0.1, -0.05) is 42.7 Å². The first-order valence-corrected chi connectivity index (χ1v) is 12.5. The van der Waals surface area contributed by atoms with Crippen LogP contribution in [-0.4, -0.2) is 24.6 Å². The van der Waals surface area contributed by atoms with Gasteiger partial charge in [-0.3, -0.25) is 5.43 Å². The molecule has 0 spiro atoms. The Hall–Kier alpha value is -2.27. The molecular formula is C20H23N5O2S3. The van der Waals surface area contributed by atoms with Gasteiger partial charge in [0.2, 0.25) is 0 Å². The largest absolute Gasteiger partial charge is 0.360 e. The molecule has 0 radical (unpaired) electrons. The monoisotopic (exact) mass is 461 g/mol. The highest BCUT2D eigenvalue weighted by Gasteiger charge is 2.16. The van der Waals surface area contributed by atoms with E-state index in [4.69, 9.17) is 12.2 Å². The Bertz CT molecular complexity index is 1090. The molecule has 3 aromatic rings. The van der Waals surface area contributed by atoms with Crippen molar-refractivity contribution in [2.75, 3.05) is 10.7 Å². The zero-order chi connectivity index (χ0) is 21.0. The molecule has 4 N–H and O–H groups in total. The minimum Gasteiger partial charge on any atom is -0.360 e. The van der Waals surface area contributed by atoms with Crippen LogP contribution in [-0.2, 0) is 10.0 Å². The highest BCUT2D eigenvalue weighted by Crippen LogP contribution is 2.25. The standard InChI is InChI=1S/C20H23N5O2S3/c26-30(27,25-24-20-23-17-8-4-5-9-18(17)29-20)16-12-10-15(11-13-16)22-19(28)21-14-6-2-1-3-7-14/h4-5,8-14,25H,1-3,6-7H2,(H,23,24)(H2,21,22,28). The van der Waals surface area contributed by atoms with Crippen LogP contribution in [0.3, 0.4) is 0 Å². The Kier molecular flexibility index (Phi) is 6.47. The zero-order valence-corrected chi connectivity index (χ0v) is 18.7. The van der Waals surface area contributed by atoms with Crippen LogP contribution in [0.15, 0.2) is 53.4 Å². The lowest BCUT2D eigenvalue weighted by atomic mass is 9.96. The molecule has 30 heavy (non-hydrogen) atoms. The number of nitrogens with zero attached hydrogens (tertiary/aromatic N) is 1. The van der Waals surface area contributed by atoms with Crippen molar-refractivity contribution in [3.8, 4) is 0 Å². The number of hydrogen-bond acceptors (Lipinski definition) is 6. The molecule has 0 bridgehead atoms. The second-order valence-corrected chi connectivity index (χ2v) is 10.3. The SMILES string of the molecule is O=S(=O)(NNc1nc2ccccc2s1)c1ccc(NC(=S)NC2CCCCC2)cc1. The van der Waals surface area contributed by atoms with Gasteiger partial charge in [0.15, 0.2) is 10.2 Å². The van der Waals surface area contributed by atoms with Crippen LogP contribution in [0.25, 0.3) is 10.2 Å². The minimum absolute atomic E-state index is 0.146. The number of fused-ring (bicyclic) bond motifs is 1. The first kappa shape index (κ1) is 21.0. The van der Waals surface area contributed by atoms with Gasteiger partial charge in [-0.25, -0.2) is 13.4 Å². The summed E-state index contributed by atoms with van der Waals surface area (Å²) in [4.78, 5) is 6.88. The normalized spacial score (nSPS) is 15.1. The molecule has 4 rings (SSSR count). The van der Waals surface area contributed by atoms with Crippen molar-refractivity contribution in [2.45, 2.75) is 43.0 Å². The Labute approximate surface area is 185 Å². The van der Waals surface area contributed by atoms with Crippen LogP contribution in [0, 0.1) is 0 Å². The van der Waals surface area contributed by atoms with Gasteiger partial charge >= 0.3 is 0 Å². The van der Waals surface area contributed by atoms with Gasteiger partial charge in [0.25, 0.3) is 10.0 Å². The summed E-state index contributed by atoms with van der Waals surface area (Å²) < 4.78 is 26.1. The summed E-state index contributed by atoms with van der Waals surface area (Å²) in [5, 5.41) is 7.50. The van der Waals surface area contributed by atoms with Crippen LogP contribution in [0.4, 0.5) is 10.8 Å². The van der Waals surface area contributed by atoms with E-state index in [1.165, 1.54) is 42.7 Å². The average molecular weight is 462 g/mol. The highest BCUT2D eigenvalue weighted by molar-refractivity contribution is 7.89. The van der Waals surface area contributed by atoms with Gasteiger partial charge in [0.1, 0.15) is 0 Å². The number of rotatable bonds is 6. The lowest BCUT2D eigenvalue weighted by Gasteiger charge is -2.24. The van der Waals surface area contributed by atoms with Gasteiger partial charge < -0.3 is 10.6 Å². The molecule has 1 aromatic heterocycles. The molecule has 1 saturated carbocycles. The molecule has 1 aliphatic carbocycles. The molecule has 1 fully saturated rings. The van der Waals surface area contributed by atoms with E-state index in [9.17, 15) is 8.42 Å². The maximum atomic E-state index is 12.6. The first-order chi connectivity index (χ1) is 14.5. The van der Waals surface area contributed by atoms with Crippen molar-refractivity contribution in [1.29, 1.82) is 0 Å². The summed E-state index contributed by atoms with van der Waals surface area (Å²) in [6.45, 7) is 0. The summed E-state index contributed by atoms with van der Waals surface area (Å²) in [5.74, 6) is 0. The van der Waals surface area contributed by atoms with Gasteiger partial charge in [-0.05, 0) is 61.5 Å². The van der Waals surface area contributed by atoms with Crippen LogP contribution >= 0.6 is 23.6 Å². The van der Waals surface area contributed by atoms with E-state index in [-0.39, 0.29) is 4.90 Å². The molecule has 1 heterocycles. The van der Waals surface area contributed by atoms with E-state index >= 15 is 0 Å². The molecule has 0 aliphatic heterocycles. The third-order valence-electron chi connectivity index (χ3n) is 4.95. The molecular weight excluding hydrogens is 438 g/mol. The van der Waals surface area contributed by atoms with Crippen molar-refractivity contribution in [3.63, 3.8) is 0 Å². The third kappa shape index (κ3) is 5.25. The maximum Gasteiger partial charge on any atom is 0.257 e. The summed E-state index contributed by atoms with van der Waals surface area (Å²) in [6.07, 6.45) is 6.00. The second kappa shape index (κ2) is 9.25. The molecule has 0 saturated heterocycles. The van der Waals surface area contributed by atoms with Crippen molar-refractivity contribution >= 4 is 59.7 Å². The van der Waals surface area contributed by atoms with E-state index in [1.807, 2.05) is 24.3 Å². The number of aromatic nitrogens is 1. The number of benzene rings is 2. The molecule has 2 aromatic carbocycles.